The molecule has 0 spiro atoms. The minimum Gasteiger partial charge on any atom is -0.468 e. The van der Waals surface area contributed by atoms with Gasteiger partial charge in [0.25, 0.3) is 0 Å². The molecule has 1 aliphatic heterocycles. The number of carbonyl (C=O) groups excluding carboxylic acids is 4. The molecule has 0 bridgehead atoms. The van der Waals surface area contributed by atoms with E-state index in [1.807, 2.05) is 64.6 Å². The number of amides is 1. The Labute approximate surface area is 267 Å². The van der Waals surface area contributed by atoms with Crippen LogP contribution in [-0.2, 0) is 33.4 Å². The summed E-state index contributed by atoms with van der Waals surface area (Å²) >= 11 is 0. The van der Waals surface area contributed by atoms with E-state index in [-0.39, 0.29) is 55.5 Å². The van der Waals surface area contributed by atoms with Crippen molar-refractivity contribution in [1.29, 1.82) is 0 Å². The van der Waals surface area contributed by atoms with E-state index in [4.69, 9.17) is 14.2 Å². The normalized spacial score (nSPS) is 16.4. The summed E-state index contributed by atoms with van der Waals surface area (Å²) in [5, 5.41) is 9.44. The van der Waals surface area contributed by atoms with Crippen LogP contribution >= 0.6 is 0 Å². The van der Waals surface area contributed by atoms with E-state index < -0.39 is 0 Å². The Balaban J connectivity index is 2.12. The van der Waals surface area contributed by atoms with Gasteiger partial charge < -0.3 is 30.2 Å². The van der Waals surface area contributed by atoms with Gasteiger partial charge >= 0.3 is 17.9 Å². The quantitative estimate of drug-likeness (QED) is 0.219. The van der Waals surface area contributed by atoms with Crippen molar-refractivity contribution in [3.8, 4) is 0 Å². The second kappa shape index (κ2) is 18.9. The Morgan fingerprint density at radius 3 is 1.24 bits per heavy atom. The van der Waals surface area contributed by atoms with E-state index >= 15 is 0 Å². The zero-order valence-corrected chi connectivity index (χ0v) is 27.6. The monoisotopic (exact) mass is 633 g/mol. The molecule has 0 atom stereocenters. The van der Waals surface area contributed by atoms with Crippen LogP contribution < -0.4 is 16.0 Å². The van der Waals surface area contributed by atoms with Crippen LogP contribution in [0.25, 0.3) is 0 Å². The Hall–Kier alpha value is -3.72. The molecule has 2 rings (SSSR count). The topological polar surface area (TPSA) is 145 Å². The molecule has 1 aromatic carbocycles. The average Bonchev–Trinajstić information content (AvgIpc) is 2.97. The van der Waals surface area contributed by atoms with Crippen molar-refractivity contribution in [3.05, 3.63) is 36.7 Å². The highest BCUT2D eigenvalue weighted by Gasteiger charge is 2.22. The van der Waals surface area contributed by atoms with Crippen molar-refractivity contribution in [3.63, 3.8) is 0 Å². The number of methoxy groups -OCH3 is 3. The van der Waals surface area contributed by atoms with Crippen LogP contribution in [0, 0.1) is 0 Å². The second-order valence-corrected chi connectivity index (χ2v) is 11.9. The van der Waals surface area contributed by atoms with E-state index in [2.05, 4.69) is 22.5 Å². The molecule has 1 amide bonds. The predicted octanol–water partition coefficient (Wildman–Crippen LogP) is 0.637. The number of carbonyl (C=O) groups is 4. The summed E-state index contributed by atoms with van der Waals surface area (Å²) in [6.07, 6.45) is 0. The number of hydrogen-bond acceptors (Lipinski definition) is 13. The van der Waals surface area contributed by atoms with Gasteiger partial charge in [0, 0.05) is 69.3 Å². The van der Waals surface area contributed by atoms with Gasteiger partial charge in [-0.05, 0) is 45.0 Å². The largest absolute Gasteiger partial charge is 0.468 e. The molecular weight excluding hydrogens is 582 g/mol. The van der Waals surface area contributed by atoms with Crippen molar-refractivity contribution in [1.82, 2.24) is 24.9 Å². The van der Waals surface area contributed by atoms with Crippen molar-refractivity contribution >= 4 is 35.2 Å². The lowest BCUT2D eigenvalue weighted by Gasteiger charge is -2.33. The maximum atomic E-state index is 13.1. The van der Waals surface area contributed by atoms with E-state index in [9.17, 15) is 19.2 Å². The number of esters is 3. The summed E-state index contributed by atoms with van der Waals surface area (Å²) in [4.78, 5) is 57.3. The van der Waals surface area contributed by atoms with Gasteiger partial charge in [-0.3, -0.25) is 38.8 Å². The lowest BCUT2D eigenvalue weighted by Crippen LogP contribution is -2.49. The van der Waals surface area contributed by atoms with Crippen molar-refractivity contribution in [2.75, 3.05) is 111 Å². The first-order valence-electron chi connectivity index (χ1n) is 15.0. The first-order chi connectivity index (χ1) is 21.3. The Morgan fingerprint density at radius 1 is 0.622 bits per heavy atom. The Kier molecular flexibility index (Phi) is 15.8. The first kappa shape index (κ1) is 37.5. The van der Waals surface area contributed by atoms with Gasteiger partial charge in [0.15, 0.2) is 0 Å². The molecule has 14 nitrogen and oxygen atoms in total. The van der Waals surface area contributed by atoms with E-state index in [1.54, 1.807) is 0 Å². The van der Waals surface area contributed by atoms with Crippen molar-refractivity contribution in [2.45, 2.75) is 26.3 Å². The molecule has 1 saturated heterocycles. The number of benzene rings is 1. The lowest BCUT2D eigenvalue weighted by molar-refractivity contribution is -0.144. The third-order valence-corrected chi connectivity index (χ3v) is 7.03. The fraction of sp³-hybridized carbons (Fsp3) is 0.613. The maximum Gasteiger partial charge on any atom is 0.319 e. The highest BCUT2D eigenvalue weighted by Crippen LogP contribution is 2.15. The number of hydrogen-bond donors (Lipinski definition) is 3. The summed E-state index contributed by atoms with van der Waals surface area (Å²) in [5.74, 6) is -0.623. The van der Waals surface area contributed by atoms with Crippen LogP contribution in [0.3, 0.4) is 0 Å². The molecule has 0 aliphatic carbocycles. The minimum absolute atomic E-state index is 0.0785. The van der Waals surface area contributed by atoms with Crippen LogP contribution in [0.2, 0.25) is 0 Å². The standard InChI is InChI=1S/C31H51N7O7/c1-24(34-31(2,3)4)32-25-8-10-26(11-9-25)33-27(39)20-35-12-14-36(21-28(40)43-5)16-18-38(23-30(42)45-7)19-17-37(15-13-35)22-29(41)44-6/h8-11,32,34H,1,12-23H2,2-7H3,(H,33,39). The zero-order chi connectivity index (χ0) is 33.4. The average molecular weight is 634 g/mol. The zero-order valence-electron chi connectivity index (χ0n) is 27.6. The number of rotatable bonds is 12. The third kappa shape index (κ3) is 15.7. The minimum atomic E-state index is -0.370. The SMILES string of the molecule is C=C(Nc1ccc(NC(=O)CN2CCN(CC(=O)OC)CCN(CC(=O)OC)CCN(CC(=O)OC)CC2)cc1)NC(C)(C)C. The van der Waals surface area contributed by atoms with Crippen molar-refractivity contribution in [2.24, 2.45) is 0 Å². The number of nitrogens with one attached hydrogen (secondary N) is 3. The molecule has 3 N–H and O–H groups in total. The molecule has 0 saturated carbocycles. The predicted molar refractivity (Wildman–Crippen MR) is 173 cm³/mol. The Bertz CT molecular complexity index is 1090. The van der Waals surface area contributed by atoms with Crippen LogP contribution in [-0.4, -0.2) is 149 Å². The fourth-order valence-electron chi connectivity index (χ4n) is 4.65. The van der Waals surface area contributed by atoms with Gasteiger partial charge in [-0.2, -0.15) is 0 Å². The second-order valence-electron chi connectivity index (χ2n) is 11.9. The molecule has 1 heterocycles. The Morgan fingerprint density at radius 2 is 0.933 bits per heavy atom. The van der Waals surface area contributed by atoms with E-state index in [1.165, 1.54) is 21.3 Å². The molecule has 14 heteroatoms. The highest BCUT2D eigenvalue weighted by molar-refractivity contribution is 5.92. The van der Waals surface area contributed by atoms with Crippen LogP contribution in [0.5, 0.6) is 0 Å². The molecule has 0 aromatic heterocycles. The van der Waals surface area contributed by atoms with Gasteiger partial charge in [0.2, 0.25) is 5.91 Å². The number of ether oxygens (including phenoxy) is 3. The summed E-state index contributed by atoms with van der Waals surface area (Å²) in [6, 6.07) is 7.36. The molecule has 45 heavy (non-hydrogen) atoms. The molecule has 252 valence electrons. The summed E-state index contributed by atoms with van der Waals surface area (Å²) in [6.45, 7) is 14.4. The summed E-state index contributed by atoms with van der Waals surface area (Å²) in [5.41, 5.74) is 1.36. The maximum absolute atomic E-state index is 13.1. The molecule has 0 radical (unpaired) electrons. The van der Waals surface area contributed by atoms with Gasteiger partial charge in [0.1, 0.15) is 0 Å². The molecule has 0 unspecified atom stereocenters. The number of anilines is 2. The molecule has 1 aliphatic rings. The van der Waals surface area contributed by atoms with Crippen LogP contribution in [0.15, 0.2) is 36.7 Å². The molecule has 1 aromatic rings. The van der Waals surface area contributed by atoms with Gasteiger partial charge in [-0.15, -0.1) is 0 Å². The molecule has 1 fully saturated rings. The van der Waals surface area contributed by atoms with Gasteiger partial charge in [-0.25, -0.2) is 0 Å². The first-order valence-corrected chi connectivity index (χ1v) is 15.0. The van der Waals surface area contributed by atoms with Gasteiger partial charge in [-0.1, -0.05) is 6.58 Å². The van der Waals surface area contributed by atoms with Crippen LogP contribution in [0.4, 0.5) is 11.4 Å². The van der Waals surface area contributed by atoms with E-state index in [0.29, 0.717) is 63.9 Å². The summed E-state index contributed by atoms with van der Waals surface area (Å²) < 4.78 is 14.7. The summed E-state index contributed by atoms with van der Waals surface area (Å²) in [7, 11) is 4.03. The number of nitrogens with zero attached hydrogens (tertiary/aromatic N) is 4. The lowest BCUT2D eigenvalue weighted by atomic mass is 10.1. The van der Waals surface area contributed by atoms with Crippen LogP contribution in [0.1, 0.15) is 20.8 Å². The highest BCUT2D eigenvalue weighted by atomic mass is 16.5. The fourth-order valence-corrected chi connectivity index (χ4v) is 4.65. The van der Waals surface area contributed by atoms with E-state index in [0.717, 1.165) is 5.69 Å². The third-order valence-electron chi connectivity index (χ3n) is 7.03. The molecular formula is C31H51N7O7. The smallest absolute Gasteiger partial charge is 0.319 e. The van der Waals surface area contributed by atoms with Crippen molar-refractivity contribution < 1.29 is 33.4 Å². The van der Waals surface area contributed by atoms with Gasteiger partial charge in [0.05, 0.1) is 53.3 Å².